The Morgan fingerprint density at radius 1 is 1.06 bits per heavy atom. The summed E-state index contributed by atoms with van der Waals surface area (Å²) >= 11 is 0. The minimum absolute atomic E-state index is 0.329. The molecule has 0 atom stereocenters. The van der Waals surface area contributed by atoms with Gasteiger partial charge in [0.2, 0.25) is 0 Å². The molecule has 0 aliphatic carbocycles. The van der Waals surface area contributed by atoms with Crippen LogP contribution in [0.4, 0.5) is 0 Å². The summed E-state index contributed by atoms with van der Waals surface area (Å²) in [6.07, 6.45) is 7.29. The fourth-order valence-corrected chi connectivity index (χ4v) is 3.39. The van der Waals surface area contributed by atoms with Gasteiger partial charge in [-0.2, -0.15) is 0 Å². The Hall–Kier alpha value is -1.81. The van der Waals surface area contributed by atoms with Crippen molar-refractivity contribution in [3.05, 3.63) is 65.5 Å². The van der Waals surface area contributed by atoms with Gasteiger partial charge in [-0.25, -0.2) is 12.7 Å². The number of fused-ring (bicyclic) bond motifs is 2. The smallest absolute Gasteiger partial charge is 0.234 e. The zero-order valence-electron chi connectivity index (χ0n) is 9.29. The topological polar surface area (TPSA) is 37.4 Å². The lowest BCUT2D eigenvalue weighted by atomic mass is 10.1. The monoisotopic (exact) mass is 245 g/mol. The Bertz CT molecular complexity index is 652. The van der Waals surface area contributed by atoms with Crippen molar-refractivity contribution in [1.82, 2.24) is 4.31 Å². The van der Waals surface area contributed by atoms with Gasteiger partial charge in [0, 0.05) is 0 Å². The lowest BCUT2D eigenvalue weighted by molar-refractivity contribution is 0.519. The lowest BCUT2D eigenvalue weighted by Crippen LogP contribution is -2.35. The molecule has 17 heavy (non-hydrogen) atoms. The quantitative estimate of drug-likeness (QED) is 0.802. The highest BCUT2D eigenvalue weighted by atomic mass is 32.2. The van der Waals surface area contributed by atoms with Crippen LogP contribution in [0.3, 0.4) is 0 Å². The van der Waals surface area contributed by atoms with Crippen LogP contribution in [-0.2, 0) is 10.0 Å². The van der Waals surface area contributed by atoms with Crippen LogP contribution in [0.1, 0.15) is 5.56 Å². The lowest BCUT2D eigenvalue weighted by Gasteiger charge is -2.35. The SMILES string of the molecule is Cc1ccc(S(=O)(=O)N2c3cccc2c3)cc1. The van der Waals surface area contributed by atoms with Gasteiger partial charge >= 0.3 is 0 Å². The largest absolute Gasteiger partial charge is 0.268 e. The Labute approximate surface area is 100 Å². The molecule has 0 radical (unpaired) electrons. The number of hydrogen-bond donors (Lipinski definition) is 0. The van der Waals surface area contributed by atoms with Crippen molar-refractivity contribution in [2.75, 3.05) is 0 Å². The summed E-state index contributed by atoms with van der Waals surface area (Å²) in [6.45, 7) is 1.93. The second-order valence-corrected chi connectivity index (χ2v) is 5.89. The Balaban J connectivity index is 2.04. The van der Waals surface area contributed by atoms with Crippen molar-refractivity contribution in [2.45, 2.75) is 11.8 Å². The molecule has 0 saturated heterocycles. The first-order valence-corrected chi connectivity index (χ1v) is 6.75. The van der Waals surface area contributed by atoms with E-state index in [0.717, 1.165) is 17.0 Å². The summed E-state index contributed by atoms with van der Waals surface area (Å²) in [5.41, 5.74) is 2.50. The summed E-state index contributed by atoms with van der Waals surface area (Å²) in [7, 11) is -3.43. The summed E-state index contributed by atoms with van der Waals surface area (Å²) in [6, 6.07) is 6.90. The third kappa shape index (κ3) is 1.45. The van der Waals surface area contributed by atoms with Gasteiger partial charge in [-0.1, -0.05) is 23.8 Å². The highest BCUT2D eigenvalue weighted by molar-refractivity contribution is 7.89. The molecule has 86 valence electrons. The molecule has 0 amide bonds. The third-order valence-electron chi connectivity index (χ3n) is 2.86. The molecule has 0 aromatic heterocycles. The molecule has 2 heterocycles. The van der Waals surface area contributed by atoms with E-state index in [-0.39, 0.29) is 0 Å². The molecule has 2 aliphatic heterocycles. The van der Waals surface area contributed by atoms with Crippen LogP contribution in [0.2, 0.25) is 0 Å². The maximum atomic E-state index is 12.3. The van der Waals surface area contributed by atoms with Crippen LogP contribution in [-0.4, -0.2) is 12.7 Å². The maximum Gasteiger partial charge on any atom is 0.268 e. The molecule has 1 aromatic carbocycles. The van der Waals surface area contributed by atoms with E-state index >= 15 is 0 Å². The molecule has 0 unspecified atom stereocenters. The van der Waals surface area contributed by atoms with Crippen molar-refractivity contribution in [2.24, 2.45) is 0 Å². The van der Waals surface area contributed by atoms with Gasteiger partial charge in [-0.05, 0) is 37.3 Å². The highest BCUT2D eigenvalue weighted by Gasteiger charge is 2.34. The normalized spacial score (nSPS) is 17.4. The van der Waals surface area contributed by atoms with E-state index < -0.39 is 10.0 Å². The number of rotatable bonds is 2. The summed E-state index contributed by atoms with van der Waals surface area (Å²) in [5.74, 6) is 0. The molecule has 0 saturated carbocycles. The fraction of sp³-hybridized carbons (Fsp3) is 0.0769. The van der Waals surface area contributed by atoms with Gasteiger partial charge in [0.25, 0.3) is 10.0 Å². The van der Waals surface area contributed by atoms with E-state index in [2.05, 4.69) is 0 Å². The second-order valence-electron chi connectivity index (χ2n) is 4.10. The molecule has 1 aromatic rings. The first-order chi connectivity index (χ1) is 8.09. The number of hydrogen-bond acceptors (Lipinski definition) is 2. The molecule has 3 nitrogen and oxygen atoms in total. The number of nitrogens with zero attached hydrogens (tertiary/aromatic N) is 1. The van der Waals surface area contributed by atoms with E-state index in [1.54, 1.807) is 36.4 Å². The van der Waals surface area contributed by atoms with Crippen LogP contribution < -0.4 is 0 Å². The van der Waals surface area contributed by atoms with E-state index in [0.29, 0.717) is 4.90 Å². The summed E-state index contributed by atoms with van der Waals surface area (Å²) in [5, 5.41) is 0. The fourth-order valence-electron chi connectivity index (χ4n) is 1.92. The van der Waals surface area contributed by atoms with E-state index in [1.807, 2.05) is 19.1 Å². The predicted molar refractivity (Wildman–Crippen MR) is 65.5 cm³/mol. The predicted octanol–water partition coefficient (Wildman–Crippen LogP) is 2.34. The number of allylic oxidation sites excluding steroid dienone is 4. The van der Waals surface area contributed by atoms with Crippen LogP contribution in [0.15, 0.2) is 64.9 Å². The van der Waals surface area contributed by atoms with Crippen LogP contribution >= 0.6 is 0 Å². The van der Waals surface area contributed by atoms with Gasteiger partial charge in [0.05, 0.1) is 16.3 Å². The summed E-state index contributed by atoms with van der Waals surface area (Å²) in [4.78, 5) is 0.329. The van der Waals surface area contributed by atoms with Crippen LogP contribution in [0.25, 0.3) is 0 Å². The molecule has 0 fully saturated rings. The molecule has 2 aliphatic rings. The first-order valence-electron chi connectivity index (χ1n) is 5.31. The number of sulfonamides is 1. The van der Waals surface area contributed by atoms with E-state index in [4.69, 9.17) is 0 Å². The Kier molecular flexibility index (Phi) is 2.03. The van der Waals surface area contributed by atoms with E-state index in [9.17, 15) is 8.42 Å². The van der Waals surface area contributed by atoms with Crippen molar-refractivity contribution in [3.8, 4) is 0 Å². The zero-order chi connectivity index (χ0) is 12.0. The molecule has 0 N–H and O–H groups in total. The zero-order valence-corrected chi connectivity index (χ0v) is 10.1. The Morgan fingerprint density at radius 3 is 2.29 bits per heavy atom. The number of benzene rings is 1. The average Bonchev–Trinajstić information content (AvgIpc) is 2.29. The maximum absolute atomic E-state index is 12.3. The van der Waals surface area contributed by atoms with E-state index in [1.165, 1.54) is 4.31 Å². The average molecular weight is 245 g/mol. The summed E-state index contributed by atoms with van der Waals surface area (Å²) < 4.78 is 26.1. The minimum atomic E-state index is -3.43. The molecular formula is C13H11NO2S. The molecule has 2 bridgehead atoms. The van der Waals surface area contributed by atoms with Crippen molar-refractivity contribution in [3.63, 3.8) is 0 Å². The first kappa shape index (κ1) is 10.4. The van der Waals surface area contributed by atoms with Gasteiger partial charge in [0.1, 0.15) is 0 Å². The van der Waals surface area contributed by atoms with Crippen LogP contribution in [0, 0.1) is 6.92 Å². The van der Waals surface area contributed by atoms with Crippen molar-refractivity contribution in [1.29, 1.82) is 0 Å². The molecule has 3 rings (SSSR count). The molecular weight excluding hydrogens is 234 g/mol. The standard InChI is InChI=1S/C13H11NO2S/c1-10-5-7-13(8-6-10)17(15,16)14-11-3-2-4-12(14)9-11/h2-9H,1H3. The van der Waals surface area contributed by atoms with Gasteiger partial charge in [-0.15, -0.1) is 0 Å². The highest BCUT2D eigenvalue weighted by Crippen LogP contribution is 2.36. The van der Waals surface area contributed by atoms with Crippen LogP contribution in [0.5, 0.6) is 0 Å². The molecule has 4 heteroatoms. The third-order valence-corrected chi connectivity index (χ3v) is 4.63. The van der Waals surface area contributed by atoms with Gasteiger partial charge in [0.15, 0.2) is 0 Å². The number of aryl methyl sites for hydroxylation is 1. The second kappa shape index (κ2) is 3.34. The van der Waals surface area contributed by atoms with Crippen molar-refractivity contribution >= 4 is 10.0 Å². The Morgan fingerprint density at radius 2 is 1.76 bits per heavy atom. The van der Waals surface area contributed by atoms with Crippen molar-refractivity contribution < 1.29 is 8.42 Å². The minimum Gasteiger partial charge on any atom is -0.234 e. The molecule has 0 spiro atoms. The van der Waals surface area contributed by atoms with Gasteiger partial charge in [-0.3, -0.25) is 0 Å². The van der Waals surface area contributed by atoms with Gasteiger partial charge < -0.3 is 0 Å².